The second kappa shape index (κ2) is 9.36. The van der Waals surface area contributed by atoms with Gasteiger partial charge in [0.25, 0.3) is 11.8 Å². The van der Waals surface area contributed by atoms with Crippen LogP contribution in [0.5, 0.6) is 5.75 Å². The Hall–Kier alpha value is -2.78. The zero-order valence-corrected chi connectivity index (χ0v) is 16.4. The molecule has 1 N–H and O–H groups in total. The molecule has 1 heterocycles. The normalized spacial score (nSPS) is 15.3. The monoisotopic (exact) mass is 442 g/mol. The Morgan fingerprint density at radius 3 is 2.30 bits per heavy atom. The Kier molecular flexibility index (Phi) is 6.84. The number of benzene rings is 2. The smallest absolute Gasteiger partial charge is 0.387 e. The number of carbonyl (C=O) groups excluding carboxylic acids is 2. The molecule has 0 aromatic heterocycles. The van der Waals surface area contributed by atoms with Crippen LogP contribution in [0.4, 0.5) is 13.2 Å². The summed E-state index contributed by atoms with van der Waals surface area (Å²) in [6, 6.07) is 9.26. The zero-order chi connectivity index (χ0) is 21.8. The average molecular weight is 443 g/mol. The van der Waals surface area contributed by atoms with Gasteiger partial charge < -0.3 is 19.6 Å². The molecule has 1 unspecified atom stereocenters. The van der Waals surface area contributed by atoms with E-state index < -0.39 is 30.3 Å². The predicted molar refractivity (Wildman–Crippen MR) is 102 cm³/mol. The van der Waals surface area contributed by atoms with Gasteiger partial charge in [0.15, 0.2) is 6.10 Å². The molecule has 10 heteroatoms. The van der Waals surface area contributed by atoms with Crippen LogP contribution in [0.15, 0.2) is 42.5 Å². The molecule has 0 bridgehead atoms. The van der Waals surface area contributed by atoms with Gasteiger partial charge in [0.2, 0.25) is 0 Å². The Labute approximate surface area is 175 Å². The third-order valence-corrected chi connectivity index (χ3v) is 4.94. The van der Waals surface area contributed by atoms with Crippen molar-refractivity contribution >= 4 is 23.4 Å². The van der Waals surface area contributed by atoms with Crippen molar-refractivity contribution in [2.24, 2.45) is 0 Å². The second-order valence-corrected chi connectivity index (χ2v) is 7.00. The van der Waals surface area contributed by atoms with Crippen LogP contribution in [0.2, 0.25) is 5.02 Å². The van der Waals surface area contributed by atoms with Gasteiger partial charge in [-0.1, -0.05) is 29.8 Å². The van der Waals surface area contributed by atoms with E-state index in [0.29, 0.717) is 0 Å². The summed E-state index contributed by atoms with van der Waals surface area (Å²) in [5.41, 5.74) is -0.207. The SMILES string of the molecule is O=C(c1ccccc1OC(F)F)N1CCN(C(=O)C(O)c2ccc(Cl)cc2F)CC1. The van der Waals surface area contributed by atoms with Crippen LogP contribution in [0.3, 0.4) is 0 Å². The van der Waals surface area contributed by atoms with Gasteiger partial charge >= 0.3 is 6.61 Å². The third-order valence-electron chi connectivity index (χ3n) is 4.70. The largest absolute Gasteiger partial charge is 0.434 e. The minimum absolute atomic E-state index is 0.0131. The van der Waals surface area contributed by atoms with Gasteiger partial charge in [-0.05, 0) is 24.3 Å². The van der Waals surface area contributed by atoms with E-state index in [0.717, 1.165) is 6.07 Å². The van der Waals surface area contributed by atoms with E-state index in [1.807, 2.05) is 0 Å². The average Bonchev–Trinajstić information content (AvgIpc) is 2.72. The number of ether oxygens (including phenoxy) is 1. The summed E-state index contributed by atoms with van der Waals surface area (Å²) in [5, 5.41) is 10.4. The molecule has 0 saturated carbocycles. The van der Waals surface area contributed by atoms with Crippen molar-refractivity contribution in [3.63, 3.8) is 0 Å². The Balaban J connectivity index is 1.64. The number of rotatable bonds is 5. The zero-order valence-electron chi connectivity index (χ0n) is 15.6. The summed E-state index contributed by atoms with van der Waals surface area (Å²) in [6.45, 7) is -2.65. The van der Waals surface area contributed by atoms with Gasteiger partial charge in [0.1, 0.15) is 11.6 Å². The lowest BCUT2D eigenvalue weighted by Crippen LogP contribution is -2.51. The molecule has 1 saturated heterocycles. The van der Waals surface area contributed by atoms with Crippen LogP contribution in [-0.2, 0) is 4.79 Å². The fourth-order valence-corrected chi connectivity index (χ4v) is 3.33. The van der Waals surface area contributed by atoms with E-state index in [1.165, 1.54) is 46.2 Å². The van der Waals surface area contributed by atoms with Gasteiger partial charge in [-0.3, -0.25) is 9.59 Å². The molecule has 1 atom stereocenters. The summed E-state index contributed by atoms with van der Waals surface area (Å²) in [5.74, 6) is -2.25. The highest BCUT2D eigenvalue weighted by molar-refractivity contribution is 6.30. The van der Waals surface area contributed by atoms with Gasteiger partial charge in [-0.2, -0.15) is 8.78 Å². The number of hydrogen-bond donors (Lipinski definition) is 1. The number of amides is 2. The quantitative estimate of drug-likeness (QED) is 0.772. The third kappa shape index (κ3) is 4.85. The van der Waals surface area contributed by atoms with Crippen molar-refractivity contribution in [1.82, 2.24) is 9.80 Å². The highest BCUT2D eigenvalue weighted by atomic mass is 35.5. The number of para-hydroxylation sites is 1. The molecule has 2 aromatic rings. The first-order valence-corrected chi connectivity index (χ1v) is 9.40. The van der Waals surface area contributed by atoms with Crippen molar-refractivity contribution in [3.8, 4) is 5.75 Å². The summed E-state index contributed by atoms with van der Waals surface area (Å²) < 4.78 is 43.5. The molecule has 2 amide bonds. The molecule has 1 aliphatic rings. The van der Waals surface area contributed by atoms with Gasteiger partial charge in [-0.15, -0.1) is 0 Å². The Bertz CT molecular complexity index is 936. The molecule has 1 aliphatic heterocycles. The maximum atomic E-state index is 14.0. The second-order valence-electron chi connectivity index (χ2n) is 6.56. The lowest BCUT2D eigenvalue weighted by Gasteiger charge is -2.36. The molecule has 3 rings (SSSR count). The first-order chi connectivity index (χ1) is 14.3. The first-order valence-electron chi connectivity index (χ1n) is 9.03. The molecular formula is C20H18ClF3N2O4. The fourth-order valence-electron chi connectivity index (χ4n) is 3.17. The van der Waals surface area contributed by atoms with Crippen LogP contribution in [0.25, 0.3) is 0 Å². The van der Waals surface area contributed by atoms with Crippen molar-refractivity contribution in [2.75, 3.05) is 26.2 Å². The van der Waals surface area contributed by atoms with Gasteiger partial charge in [-0.25, -0.2) is 4.39 Å². The molecule has 30 heavy (non-hydrogen) atoms. The highest BCUT2D eigenvalue weighted by Crippen LogP contribution is 2.25. The summed E-state index contributed by atoms with van der Waals surface area (Å²) in [6.07, 6.45) is -1.70. The lowest BCUT2D eigenvalue weighted by molar-refractivity contribution is -0.142. The number of nitrogens with zero attached hydrogens (tertiary/aromatic N) is 2. The molecule has 160 valence electrons. The number of carbonyl (C=O) groups is 2. The van der Waals surface area contributed by atoms with Crippen molar-refractivity contribution in [1.29, 1.82) is 0 Å². The van der Waals surface area contributed by atoms with E-state index >= 15 is 0 Å². The number of alkyl halides is 2. The van der Waals surface area contributed by atoms with Crippen LogP contribution in [0, 0.1) is 5.82 Å². The minimum Gasteiger partial charge on any atom is -0.434 e. The summed E-state index contributed by atoms with van der Waals surface area (Å²) in [7, 11) is 0. The van der Waals surface area contributed by atoms with Gasteiger partial charge in [0.05, 0.1) is 5.56 Å². The van der Waals surface area contributed by atoms with Crippen LogP contribution in [-0.4, -0.2) is 59.5 Å². The molecule has 0 radical (unpaired) electrons. The van der Waals surface area contributed by atoms with E-state index in [1.54, 1.807) is 0 Å². The molecule has 0 aliphatic carbocycles. The van der Waals surface area contributed by atoms with E-state index in [4.69, 9.17) is 11.6 Å². The Morgan fingerprint density at radius 1 is 1.03 bits per heavy atom. The van der Waals surface area contributed by atoms with Crippen molar-refractivity contribution < 1.29 is 32.6 Å². The first kappa shape index (κ1) is 21.9. The number of halogens is 4. The minimum atomic E-state index is -3.07. The Morgan fingerprint density at radius 2 is 1.67 bits per heavy atom. The predicted octanol–water partition coefficient (Wildman–Crippen LogP) is 3.10. The topological polar surface area (TPSA) is 70.1 Å². The lowest BCUT2D eigenvalue weighted by atomic mass is 10.1. The number of aliphatic hydroxyl groups excluding tert-OH is 1. The maximum Gasteiger partial charge on any atom is 0.387 e. The molecule has 2 aromatic carbocycles. The number of aliphatic hydroxyl groups is 1. The van der Waals surface area contributed by atoms with E-state index in [-0.39, 0.29) is 48.1 Å². The summed E-state index contributed by atoms with van der Waals surface area (Å²) in [4.78, 5) is 27.9. The van der Waals surface area contributed by atoms with Crippen molar-refractivity contribution in [3.05, 3.63) is 64.4 Å². The van der Waals surface area contributed by atoms with E-state index in [9.17, 15) is 27.9 Å². The fraction of sp³-hybridized carbons (Fsp3) is 0.300. The van der Waals surface area contributed by atoms with E-state index in [2.05, 4.69) is 4.74 Å². The number of hydrogen-bond acceptors (Lipinski definition) is 4. The standard InChI is InChI=1S/C20H18ClF3N2O4/c21-12-5-6-13(15(22)11-12)17(27)19(29)26-9-7-25(8-10-26)18(28)14-3-1-2-4-16(14)30-20(23)24/h1-6,11,17,20,27H,7-10H2. The van der Waals surface area contributed by atoms with Gasteiger partial charge in [0, 0.05) is 36.8 Å². The molecular weight excluding hydrogens is 425 g/mol. The maximum absolute atomic E-state index is 14.0. The summed E-state index contributed by atoms with van der Waals surface area (Å²) >= 11 is 5.68. The molecule has 6 nitrogen and oxygen atoms in total. The van der Waals surface area contributed by atoms with Crippen molar-refractivity contribution in [2.45, 2.75) is 12.7 Å². The van der Waals surface area contributed by atoms with Crippen LogP contribution < -0.4 is 4.74 Å². The number of piperazine rings is 1. The molecule has 0 spiro atoms. The highest BCUT2D eigenvalue weighted by Gasteiger charge is 2.31. The van der Waals surface area contributed by atoms with Crippen LogP contribution >= 0.6 is 11.6 Å². The molecule has 1 fully saturated rings. The van der Waals surface area contributed by atoms with Crippen LogP contribution in [0.1, 0.15) is 22.0 Å².